The van der Waals surface area contributed by atoms with E-state index in [4.69, 9.17) is 0 Å². The summed E-state index contributed by atoms with van der Waals surface area (Å²) in [6, 6.07) is 17.8. The van der Waals surface area contributed by atoms with Crippen LogP contribution in [-0.2, 0) is 0 Å². The van der Waals surface area contributed by atoms with Gasteiger partial charge >= 0.3 is 0 Å². The van der Waals surface area contributed by atoms with E-state index in [1.54, 1.807) is 29.8 Å². The molecular formula is C20H17N4OS+. The van der Waals surface area contributed by atoms with Gasteiger partial charge in [0.25, 0.3) is 0 Å². The van der Waals surface area contributed by atoms with Gasteiger partial charge in [-0.2, -0.15) is 0 Å². The fraction of sp³-hybridized carbons (Fsp3) is 0.0500. The van der Waals surface area contributed by atoms with Crippen LogP contribution in [0.3, 0.4) is 0 Å². The van der Waals surface area contributed by atoms with Gasteiger partial charge in [-0.05, 0) is 30.7 Å². The number of pyridine rings is 2. The first kappa shape index (κ1) is 16.2. The predicted molar refractivity (Wildman–Crippen MR) is 103 cm³/mol. The van der Waals surface area contributed by atoms with Gasteiger partial charge < -0.3 is 5.32 Å². The lowest BCUT2D eigenvalue weighted by Gasteiger charge is -2.02. The van der Waals surface area contributed by atoms with Gasteiger partial charge in [-0.3, -0.25) is 5.21 Å². The first-order valence-corrected chi connectivity index (χ1v) is 9.03. The normalized spacial score (nSPS) is 10.7. The summed E-state index contributed by atoms with van der Waals surface area (Å²) >= 11 is 1.55. The van der Waals surface area contributed by atoms with Gasteiger partial charge in [-0.15, -0.1) is 11.3 Å². The Morgan fingerprint density at radius 2 is 1.73 bits per heavy atom. The first-order valence-electron chi connectivity index (χ1n) is 8.15. The summed E-state index contributed by atoms with van der Waals surface area (Å²) in [7, 11) is 0. The SMILES string of the molecule is Cc1cccc(Nc2nc(-c3ccc(-c4ccc[n+](O)c4)cc3)cs2)n1. The lowest BCUT2D eigenvalue weighted by Crippen LogP contribution is -2.28. The highest BCUT2D eigenvalue weighted by Crippen LogP contribution is 2.28. The Hall–Kier alpha value is -3.25. The van der Waals surface area contributed by atoms with Crippen LogP contribution in [0.1, 0.15) is 5.69 Å². The number of hydrogen-bond acceptors (Lipinski definition) is 5. The van der Waals surface area contributed by atoms with Crippen LogP contribution < -0.4 is 10.0 Å². The van der Waals surface area contributed by atoms with Crippen molar-refractivity contribution >= 4 is 22.3 Å². The van der Waals surface area contributed by atoms with Gasteiger partial charge in [-0.1, -0.05) is 30.3 Å². The molecule has 6 heteroatoms. The van der Waals surface area contributed by atoms with E-state index < -0.39 is 0 Å². The minimum Gasteiger partial charge on any atom is -0.316 e. The van der Waals surface area contributed by atoms with Crippen molar-refractivity contribution in [3.8, 4) is 22.4 Å². The molecule has 0 saturated heterocycles. The van der Waals surface area contributed by atoms with E-state index in [0.717, 1.165) is 43.8 Å². The summed E-state index contributed by atoms with van der Waals surface area (Å²) in [5.74, 6) is 0.794. The molecule has 3 heterocycles. The third-order valence-corrected chi connectivity index (χ3v) is 4.69. The first-order chi connectivity index (χ1) is 12.7. The molecule has 3 aromatic heterocycles. The van der Waals surface area contributed by atoms with E-state index in [1.165, 1.54) is 0 Å². The molecule has 26 heavy (non-hydrogen) atoms. The van der Waals surface area contributed by atoms with Crippen LogP contribution in [0.15, 0.2) is 72.4 Å². The molecule has 0 fully saturated rings. The van der Waals surface area contributed by atoms with Crippen LogP contribution in [0, 0.1) is 6.92 Å². The van der Waals surface area contributed by atoms with E-state index in [1.807, 2.05) is 60.8 Å². The van der Waals surface area contributed by atoms with Crippen molar-refractivity contribution in [3.63, 3.8) is 0 Å². The van der Waals surface area contributed by atoms with Gasteiger partial charge in [0.15, 0.2) is 5.13 Å². The highest BCUT2D eigenvalue weighted by molar-refractivity contribution is 7.14. The molecule has 0 aliphatic heterocycles. The van der Waals surface area contributed by atoms with Gasteiger partial charge in [0.05, 0.1) is 11.3 Å². The number of benzene rings is 1. The average Bonchev–Trinajstić information content (AvgIpc) is 3.10. The Bertz CT molecular complexity index is 1040. The molecule has 1 aromatic carbocycles. The Kier molecular flexibility index (Phi) is 4.33. The summed E-state index contributed by atoms with van der Waals surface area (Å²) < 4.78 is 1.06. The molecule has 0 aliphatic carbocycles. The minimum atomic E-state index is 0.794. The van der Waals surface area contributed by atoms with Crippen molar-refractivity contribution in [2.45, 2.75) is 6.92 Å². The number of aryl methyl sites for hydroxylation is 1. The maximum atomic E-state index is 9.54. The standard InChI is InChI=1S/C20H17N4OS/c1-14-4-2-6-19(21-14)23-20-22-18(13-26-20)16-9-7-15(8-10-16)17-5-3-11-24(25)12-17/h2-13,25H,1H3,(H,21,22,23)/q+1. The summed E-state index contributed by atoms with van der Waals surface area (Å²) in [5.41, 5.74) is 4.92. The Labute approximate surface area is 155 Å². The van der Waals surface area contributed by atoms with Crippen LogP contribution in [-0.4, -0.2) is 15.2 Å². The molecule has 0 radical (unpaired) electrons. The van der Waals surface area contributed by atoms with Crippen LogP contribution in [0.5, 0.6) is 0 Å². The van der Waals surface area contributed by atoms with Crippen molar-refractivity contribution in [1.29, 1.82) is 0 Å². The second-order valence-corrected chi connectivity index (χ2v) is 6.74. The summed E-state index contributed by atoms with van der Waals surface area (Å²) in [6.07, 6.45) is 3.26. The molecule has 4 aromatic rings. The third kappa shape index (κ3) is 3.55. The van der Waals surface area contributed by atoms with Crippen molar-refractivity contribution in [2.75, 3.05) is 5.32 Å². The van der Waals surface area contributed by atoms with Crippen LogP contribution in [0.2, 0.25) is 0 Å². The predicted octanol–water partition coefficient (Wildman–Crippen LogP) is 4.45. The maximum absolute atomic E-state index is 9.54. The minimum absolute atomic E-state index is 0.794. The fourth-order valence-electron chi connectivity index (χ4n) is 2.65. The zero-order chi connectivity index (χ0) is 17.9. The van der Waals surface area contributed by atoms with Crippen LogP contribution >= 0.6 is 11.3 Å². The zero-order valence-corrected chi connectivity index (χ0v) is 14.9. The summed E-state index contributed by atoms with van der Waals surface area (Å²) in [6.45, 7) is 1.96. The number of thiazole rings is 1. The van der Waals surface area contributed by atoms with Crippen molar-refractivity contribution in [2.24, 2.45) is 0 Å². The molecule has 2 N–H and O–H groups in total. The summed E-state index contributed by atoms with van der Waals surface area (Å²) in [5, 5.41) is 15.6. The monoisotopic (exact) mass is 361 g/mol. The number of nitrogens with one attached hydrogen (secondary N) is 1. The molecular weight excluding hydrogens is 344 g/mol. The third-order valence-electron chi connectivity index (χ3n) is 3.93. The Morgan fingerprint density at radius 1 is 0.923 bits per heavy atom. The van der Waals surface area contributed by atoms with Crippen LogP contribution in [0.25, 0.3) is 22.4 Å². The van der Waals surface area contributed by atoms with E-state index in [2.05, 4.69) is 15.3 Å². The van der Waals surface area contributed by atoms with E-state index in [-0.39, 0.29) is 0 Å². The second kappa shape index (κ2) is 6.93. The molecule has 4 rings (SSSR count). The highest BCUT2D eigenvalue weighted by Gasteiger charge is 2.08. The lowest BCUT2D eigenvalue weighted by molar-refractivity contribution is -0.904. The molecule has 0 spiro atoms. The van der Waals surface area contributed by atoms with Crippen molar-refractivity contribution < 1.29 is 9.94 Å². The van der Waals surface area contributed by atoms with Gasteiger partial charge in [0, 0.05) is 27.4 Å². The van der Waals surface area contributed by atoms with Crippen LogP contribution in [0.4, 0.5) is 10.9 Å². The van der Waals surface area contributed by atoms with Gasteiger partial charge in [0.1, 0.15) is 5.82 Å². The number of aromatic nitrogens is 3. The maximum Gasteiger partial charge on any atom is 0.230 e. The number of anilines is 2. The number of nitrogens with zero attached hydrogens (tertiary/aromatic N) is 3. The zero-order valence-electron chi connectivity index (χ0n) is 14.1. The molecule has 0 bridgehead atoms. The van der Waals surface area contributed by atoms with Gasteiger partial charge in [-0.25, -0.2) is 9.97 Å². The van der Waals surface area contributed by atoms with E-state index >= 15 is 0 Å². The smallest absolute Gasteiger partial charge is 0.230 e. The van der Waals surface area contributed by atoms with E-state index in [9.17, 15) is 5.21 Å². The topological polar surface area (TPSA) is 61.9 Å². The van der Waals surface area contributed by atoms with Crippen molar-refractivity contribution in [1.82, 2.24) is 9.97 Å². The van der Waals surface area contributed by atoms with Crippen molar-refractivity contribution in [3.05, 3.63) is 78.1 Å². The lowest BCUT2D eigenvalue weighted by atomic mass is 10.0. The average molecular weight is 361 g/mol. The largest absolute Gasteiger partial charge is 0.316 e. The quantitative estimate of drug-likeness (QED) is 0.416. The molecule has 0 amide bonds. The second-order valence-electron chi connectivity index (χ2n) is 5.88. The molecule has 5 nitrogen and oxygen atoms in total. The molecule has 0 atom stereocenters. The number of hydrogen-bond donors (Lipinski definition) is 2. The molecule has 0 unspecified atom stereocenters. The van der Waals surface area contributed by atoms with E-state index in [0.29, 0.717) is 0 Å². The molecule has 128 valence electrons. The fourth-order valence-corrected chi connectivity index (χ4v) is 3.38. The molecule has 0 saturated carbocycles. The number of rotatable bonds is 4. The highest BCUT2D eigenvalue weighted by atomic mass is 32.1. The van der Waals surface area contributed by atoms with Gasteiger partial charge in [0.2, 0.25) is 12.4 Å². The molecule has 0 aliphatic rings. The Balaban J connectivity index is 1.54. The summed E-state index contributed by atoms with van der Waals surface area (Å²) in [4.78, 5) is 9.08. The Morgan fingerprint density at radius 3 is 2.50 bits per heavy atom.